The maximum Gasteiger partial charge on any atom is 0.220 e. The van der Waals surface area contributed by atoms with Crippen molar-refractivity contribution in [2.24, 2.45) is 0 Å². The summed E-state index contributed by atoms with van der Waals surface area (Å²) in [5.74, 6) is -0.0414. The number of nitrogens with one attached hydrogen (secondary N) is 2. The van der Waals surface area contributed by atoms with Crippen molar-refractivity contribution >= 4 is 11.8 Å². The van der Waals surface area contributed by atoms with Crippen LogP contribution in [0.5, 0.6) is 0 Å². The van der Waals surface area contributed by atoms with Gasteiger partial charge in [0, 0.05) is 24.4 Å². The molecule has 5 heteroatoms. The van der Waals surface area contributed by atoms with Crippen molar-refractivity contribution in [3.63, 3.8) is 0 Å². The molecule has 0 radical (unpaired) electrons. The molecule has 188 valence electrons. The highest BCUT2D eigenvalue weighted by atomic mass is 16.2. The first kappa shape index (κ1) is 25.4. The van der Waals surface area contributed by atoms with Gasteiger partial charge in [0.1, 0.15) is 0 Å². The van der Waals surface area contributed by atoms with Gasteiger partial charge in [-0.3, -0.25) is 9.59 Å². The van der Waals surface area contributed by atoms with Crippen LogP contribution in [0.25, 0.3) is 0 Å². The number of aryl methyl sites for hydroxylation is 2. The Bertz CT molecular complexity index is 1010. The normalized spacial score (nSPS) is 24.0. The standard InChI is InChI=1S/C30H41N3O2/c1-22-11-13-23(14-12-22)21-30(33(2)3)19-17-25(18-20-30)31-28(34)15-16-29(35)32-27-10-6-8-24-7-4-5-9-26(24)27/h4-5,7,9,11-14,25,27H,6,8,10,15-21H2,1-3H3,(H,31,34)(H,32,35). The maximum atomic E-state index is 12.6. The first-order valence-corrected chi connectivity index (χ1v) is 13.2. The van der Waals surface area contributed by atoms with Crippen molar-refractivity contribution < 1.29 is 9.59 Å². The lowest BCUT2D eigenvalue weighted by Gasteiger charge is -2.45. The van der Waals surface area contributed by atoms with Gasteiger partial charge in [0.25, 0.3) is 0 Å². The molecule has 35 heavy (non-hydrogen) atoms. The van der Waals surface area contributed by atoms with Crippen LogP contribution in [-0.2, 0) is 22.4 Å². The van der Waals surface area contributed by atoms with Crippen molar-refractivity contribution in [1.29, 1.82) is 0 Å². The van der Waals surface area contributed by atoms with Gasteiger partial charge in [0.05, 0.1) is 6.04 Å². The minimum absolute atomic E-state index is 0.00918. The molecule has 0 heterocycles. The van der Waals surface area contributed by atoms with Gasteiger partial charge in [-0.2, -0.15) is 0 Å². The highest BCUT2D eigenvalue weighted by Crippen LogP contribution is 2.35. The van der Waals surface area contributed by atoms with Gasteiger partial charge < -0.3 is 15.5 Å². The molecule has 2 amide bonds. The molecule has 2 aromatic rings. The summed E-state index contributed by atoms with van der Waals surface area (Å²) >= 11 is 0. The number of amides is 2. The van der Waals surface area contributed by atoms with Crippen LogP contribution >= 0.6 is 0 Å². The SMILES string of the molecule is Cc1ccc(CC2(N(C)C)CCC(NC(=O)CCC(=O)NC3CCCc4ccccc43)CC2)cc1. The second kappa shape index (κ2) is 11.4. The topological polar surface area (TPSA) is 61.4 Å². The zero-order valence-electron chi connectivity index (χ0n) is 21.6. The van der Waals surface area contributed by atoms with E-state index >= 15 is 0 Å². The zero-order valence-corrected chi connectivity index (χ0v) is 21.6. The molecule has 1 unspecified atom stereocenters. The number of nitrogens with zero attached hydrogens (tertiary/aromatic N) is 1. The van der Waals surface area contributed by atoms with E-state index in [9.17, 15) is 9.59 Å². The largest absolute Gasteiger partial charge is 0.353 e. The van der Waals surface area contributed by atoms with Gasteiger partial charge in [0.15, 0.2) is 0 Å². The van der Waals surface area contributed by atoms with Crippen molar-refractivity contribution in [1.82, 2.24) is 15.5 Å². The molecule has 4 rings (SSSR count). The summed E-state index contributed by atoms with van der Waals surface area (Å²) < 4.78 is 0. The van der Waals surface area contributed by atoms with E-state index in [0.717, 1.165) is 51.4 Å². The lowest BCUT2D eigenvalue weighted by molar-refractivity contribution is -0.127. The van der Waals surface area contributed by atoms with E-state index in [1.54, 1.807) is 0 Å². The van der Waals surface area contributed by atoms with Crippen LogP contribution in [-0.4, -0.2) is 42.4 Å². The molecule has 0 bridgehead atoms. The van der Waals surface area contributed by atoms with Crippen LogP contribution in [0.15, 0.2) is 48.5 Å². The molecular weight excluding hydrogens is 434 g/mol. The molecule has 0 saturated heterocycles. The third-order valence-electron chi connectivity index (χ3n) is 8.17. The number of fused-ring (bicyclic) bond motifs is 1. The first-order chi connectivity index (χ1) is 16.8. The highest BCUT2D eigenvalue weighted by molar-refractivity contribution is 5.84. The van der Waals surface area contributed by atoms with Crippen molar-refractivity contribution in [2.75, 3.05) is 14.1 Å². The van der Waals surface area contributed by atoms with Crippen molar-refractivity contribution in [3.05, 3.63) is 70.8 Å². The monoisotopic (exact) mass is 475 g/mol. The lowest BCUT2D eigenvalue weighted by Crippen LogP contribution is -2.52. The zero-order chi connectivity index (χ0) is 24.8. The van der Waals surface area contributed by atoms with E-state index < -0.39 is 0 Å². The molecule has 1 fully saturated rings. The summed E-state index contributed by atoms with van der Waals surface area (Å²) in [4.78, 5) is 27.6. The number of hydrogen-bond acceptors (Lipinski definition) is 3. The molecule has 2 aliphatic rings. The van der Waals surface area contributed by atoms with Gasteiger partial charge in [-0.15, -0.1) is 0 Å². The Morgan fingerprint density at radius 2 is 1.57 bits per heavy atom. The van der Waals surface area contributed by atoms with E-state index in [1.807, 2.05) is 6.07 Å². The smallest absolute Gasteiger partial charge is 0.220 e. The van der Waals surface area contributed by atoms with Crippen LogP contribution in [0.1, 0.15) is 79.7 Å². The van der Waals surface area contributed by atoms with E-state index in [4.69, 9.17) is 0 Å². The second-order valence-electron chi connectivity index (χ2n) is 10.8. The molecule has 0 spiro atoms. The fourth-order valence-corrected chi connectivity index (χ4v) is 5.86. The number of likely N-dealkylation sites (N-methyl/N-ethyl adjacent to an activating group) is 1. The maximum absolute atomic E-state index is 12.6. The van der Waals surface area contributed by atoms with E-state index in [0.29, 0.717) is 0 Å². The predicted octanol–water partition coefficient (Wildman–Crippen LogP) is 4.87. The number of carbonyl (C=O) groups excluding carboxylic acids is 2. The van der Waals surface area contributed by atoms with Gasteiger partial charge in [-0.05, 0) is 89.1 Å². The summed E-state index contributed by atoms with van der Waals surface area (Å²) in [5, 5.41) is 6.36. The summed E-state index contributed by atoms with van der Waals surface area (Å²) in [6.45, 7) is 2.12. The molecular formula is C30H41N3O2. The van der Waals surface area contributed by atoms with Gasteiger partial charge in [-0.1, -0.05) is 54.1 Å². The Hall–Kier alpha value is -2.66. The number of hydrogen-bond donors (Lipinski definition) is 2. The molecule has 2 N–H and O–H groups in total. The minimum atomic E-state index is -0.0322. The van der Waals surface area contributed by atoms with Gasteiger partial charge >= 0.3 is 0 Å². The van der Waals surface area contributed by atoms with E-state index in [1.165, 1.54) is 22.3 Å². The fraction of sp³-hybridized carbons (Fsp3) is 0.533. The Morgan fingerprint density at radius 3 is 2.26 bits per heavy atom. The lowest BCUT2D eigenvalue weighted by atomic mass is 9.74. The van der Waals surface area contributed by atoms with Crippen molar-refractivity contribution in [2.45, 2.75) is 88.8 Å². The van der Waals surface area contributed by atoms with Gasteiger partial charge in [0.2, 0.25) is 11.8 Å². The second-order valence-corrected chi connectivity index (χ2v) is 10.8. The van der Waals surface area contributed by atoms with Crippen LogP contribution in [0.4, 0.5) is 0 Å². The molecule has 0 aromatic heterocycles. The molecule has 0 aliphatic heterocycles. The first-order valence-electron chi connectivity index (χ1n) is 13.2. The van der Waals surface area contributed by atoms with Gasteiger partial charge in [-0.25, -0.2) is 0 Å². The van der Waals surface area contributed by atoms with Crippen LogP contribution in [0.3, 0.4) is 0 Å². The third kappa shape index (κ3) is 6.52. The Morgan fingerprint density at radius 1 is 0.914 bits per heavy atom. The quantitative estimate of drug-likeness (QED) is 0.573. The number of rotatable bonds is 8. The summed E-state index contributed by atoms with van der Waals surface area (Å²) in [6.07, 6.45) is 8.71. The van der Waals surface area contributed by atoms with E-state index in [-0.39, 0.29) is 42.3 Å². The Labute approximate surface area is 210 Å². The fourth-order valence-electron chi connectivity index (χ4n) is 5.86. The minimum Gasteiger partial charge on any atom is -0.353 e. The third-order valence-corrected chi connectivity index (χ3v) is 8.17. The molecule has 5 nitrogen and oxygen atoms in total. The average Bonchev–Trinajstić information content (AvgIpc) is 2.85. The predicted molar refractivity (Wildman–Crippen MR) is 141 cm³/mol. The molecule has 1 saturated carbocycles. The number of carbonyl (C=O) groups is 2. The Balaban J connectivity index is 1.22. The van der Waals surface area contributed by atoms with Crippen LogP contribution in [0, 0.1) is 6.92 Å². The summed E-state index contributed by atoms with van der Waals surface area (Å²) in [7, 11) is 4.35. The van der Waals surface area contributed by atoms with E-state index in [2.05, 4.69) is 79.0 Å². The summed E-state index contributed by atoms with van der Waals surface area (Å²) in [6, 6.07) is 17.5. The molecule has 1 atom stereocenters. The highest BCUT2D eigenvalue weighted by Gasteiger charge is 2.37. The molecule has 2 aromatic carbocycles. The number of benzene rings is 2. The Kier molecular flexibility index (Phi) is 8.27. The van der Waals surface area contributed by atoms with Crippen LogP contribution in [0.2, 0.25) is 0 Å². The summed E-state index contributed by atoms with van der Waals surface area (Å²) in [5.41, 5.74) is 5.35. The van der Waals surface area contributed by atoms with Crippen molar-refractivity contribution in [3.8, 4) is 0 Å². The average molecular weight is 476 g/mol. The van der Waals surface area contributed by atoms with Crippen LogP contribution < -0.4 is 10.6 Å². The molecule has 2 aliphatic carbocycles.